The number of hydrogen-bond acceptors (Lipinski definition) is 1. The van der Waals surface area contributed by atoms with Crippen molar-refractivity contribution in [3.05, 3.63) is 0 Å². The third-order valence-corrected chi connectivity index (χ3v) is 1.89. The van der Waals surface area contributed by atoms with Crippen LogP contribution in [0, 0.1) is 0 Å². The normalized spacial score (nSPS) is 13.2. The van der Waals surface area contributed by atoms with Crippen molar-refractivity contribution in [2.75, 3.05) is 40.0 Å². The van der Waals surface area contributed by atoms with Gasteiger partial charge in [0.1, 0.15) is 40.0 Å². The Morgan fingerprint density at radius 2 is 0.733 bits per heavy atom. The van der Waals surface area contributed by atoms with Crippen LogP contribution in [-0.2, 0) is 4.74 Å². The van der Waals surface area contributed by atoms with Crippen LogP contribution in [0.15, 0.2) is 0 Å². The minimum absolute atomic E-state index is 1.62. The van der Waals surface area contributed by atoms with E-state index in [9.17, 15) is 26.3 Å². The standard InChI is InChI=1S/C8H12F6O/c9-1-7(2-10,3-11)15-8(4-12,5-13)6-14/h1-6H2. The summed E-state index contributed by atoms with van der Waals surface area (Å²) in [6, 6.07) is 0. The highest BCUT2D eigenvalue weighted by atomic mass is 19.2. The lowest BCUT2D eigenvalue weighted by Crippen LogP contribution is -2.53. The molecular formula is C8H12F6O. The number of hydrogen-bond donors (Lipinski definition) is 0. The molecule has 0 aliphatic carbocycles. The van der Waals surface area contributed by atoms with Crippen LogP contribution in [0.1, 0.15) is 0 Å². The minimum atomic E-state index is -2.61. The van der Waals surface area contributed by atoms with Crippen molar-refractivity contribution in [2.45, 2.75) is 11.2 Å². The highest BCUT2D eigenvalue weighted by Crippen LogP contribution is 2.25. The van der Waals surface area contributed by atoms with E-state index in [1.165, 1.54) is 0 Å². The molecule has 0 aliphatic heterocycles. The summed E-state index contributed by atoms with van der Waals surface area (Å²) in [6.45, 7) is -9.74. The molecule has 0 spiro atoms. The Hall–Kier alpha value is -0.460. The first-order chi connectivity index (χ1) is 7.07. The lowest BCUT2D eigenvalue weighted by Gasteiger charge is -2.35. The van der Waals surface area contributed by atoms with Gasteiger partial charge >= 0.3 is 0 Å². The molecule has 0 aliphatic rings. The van der Waals surface area contributed by atoms with Crippen LogP contribution in [0.4, 0.5) is 26.3 Å². The summed E-state index contributed by atoms with van der Waals surface area (Å²) in [4.78, 5) is 0. The second kappa shape index (κ2) is 6.19. The SMILES string of the molecule is FCC(CF)(CF)OC(CF)(CF)CF. The maximum Gasteiger partial charge on any atom is 0.154 e. The van der Waals surface area contributed by atoms with Crippen LogP contribution in [0.2, 0.25) is 0 Å². The summed E-state index contributed by atoms with van der Waals surface area (Å²) < 4.78 is 78.0. The van der Waals surface area contributed by atoms with Gasteiger partial charge in [0.2, 0.25) is 0 Å². The van der Waals surface area contributed by atoms with E-state index in [1.54, 1.807) is 0 Å². The van der Waals surface area contributed by atoms with E-state index in [0.29, 0.717) is 0 Å². The number of rotatable bonds is 8. The quantitative estimate of drug-likeness (QED) is 0.589. The van der Waals surface area contributed by atoms with Gasteiger partial charge in [-0.05, 0) is 0 Å². The van der Waals surface area contributed by atoms with Crippen molar-refractivity contribution < 1.29 is 31.1 Å². The Bertz CT molecular complexity index is 134. The lowest BCUT2D eigenvalue weighted by molar-refractivity contribution is -0.198. The third kappa shape index (κ3) is 3.25. The van der Waals surface area contributed by atoms with Crippen LogP contribution in [-0.4, -0.2) is 51.2 Å². The van der Waals surface area contributed by atoms with Crippen LogP contribution < -0.4 is 0 Å². The molecule has 0 aromatic heterocycles. The summed E-state index contributed by atoms with van der Waals surface area (Å²) in [5, 5.41) is 0. The van der Waals surface area contributed by atoms with Crippen molar-refractivity contribution in [1.29, 1.82) is 0 Å². The maximum absolute atomic E-state index is 12.3. The van der Waals surface area contributed by atoms with Gasteiger partial charge in [0.05, 0.1) is 0 Å². The molecule has 0 bridgehead atoms. The molecule has 0 rings (SSSR count). The van der Waals surface area contributed by atoms with Crippen molar-refractivity contribution in [2.24, 2.45) is 0 Å². The molecule has 0 unspecified atom stereocenters. The summed E-state index contributed by atoms with van der Waals surface area (Å²) in [7, 11) is 0. The average Bonchev–Trinajstić information content (AvgIpc) is 2.33. The van der Waals surface area contributed by atoms with E-state index in [1.807, 2.05) is 0 Å². The molecule has 0 aromatic carbocycles. The van der Waals surface area contributed by atoms with E-state index >= 15 is 0 Å². The molecule has 0 saturated carbocycles. The fourth-order valence-electron chi connectivity index (χ4n) is 0.837. The van der Waals surface area contributed by atoms with Gasteiger partial charge in [-0.1, -0.05) is 0 Å². The fraction of sp³-hybridized carbons (Fsp3) is 1.00. The number of ether oxygens (including phenoxy) is 1. The van der Waals surface area contributed by atoms with Gasteiger partial charge in [-0.25, -0.2) is 26.3 Å². The van der Waals surface area contributed by atoms with E-state index in [4.69, 9.17) is 0 Å². The molecule has 0 amide bonds. The van der Waals surface area contributed by atoms with E-state index in [2.05, 4.69) is 4.74 Å². The number of alkyl halides is 6. The molecule has 1 nitrogen and oxygen atoms in total. The summed E-state index contributed by atoms with van der Waals surface area (Å²) >= 11 is 0. The first-order valence-corrected chi connectivity index (χ1v) is 4.13. The van der Waals surface area contributed by atoms with Crippen molar-refractivity contribution >= 4 is 0 Å². The smallest absolute Gasteiger partial charge is 0.154 e. The average molecular weight is 238 g/mol. The fourth-order valence-corrected chi connectivity index (χ4v) is 0.837. The van der Waals surface area contributed by atoms with Crippen LogP contribution in [0.25, 0.3) is 0 Å². The topological polar surface area (TPSA) is 9.23 Å². The first-order valence-electron chi connectivity index (χ1n) is 4.13. The van der Waals surface area contributed by atoms with E-state index in [0.717, 1.165) is 0 Å². The molecular weight excluding hydrogens is 226 g/mol. The molecule has 0 atom stereocenters. The highest BCUT2D eigenvalue weighted by molar-refractivity contribution is 4.88. The molecule has 0 heterocycles. The van der Waals surface area contributed by atoms with Crippen LogP contribution >= 0.6 is 0 Å². The molecule has 0 aromatic rings. The van der Waals surface area contributed by atoms with Crippen molar-refractivity contribution in [1.82, 2.24) is 0 Å². The Balaban J connectivity index is 4.74. The summed E-state index contributed by atoms with van der Waals surface area (Å²) in [5.41, 5.74) is -5.21. The van der Waals surface area contributed by atoms with Crippen molar-refractivity contribution in [3.63, 3.8) is 0 Å². The molecule has 0 radical (unpaired) electrons. The predicted molar refractivity (Wildman–Crippen MR) is 42.4 cm³/mol. The van der Waals surface area contributed by atoms with Gasteiger partial charge < -0.3 is 4.74 Å². The monoisotopic (exact) mass is 238 g/mol. The zero-order valence-electron chi connectivity index (χ0n) is 7.92. The van der Waals surface area contributed by atoms with Crippen LogP contribution in [0.5, 0.6) is 0 Å². The van der Waals surface area contributed by atoms with Gasteiger partial charge in [0.15, 0.2) is 11.2 Å². The van der Waals surface area contributed by atoms with Gasteiger partial charge in [0, 0.05) is 0 Å². The predicted octanol–water partition coefficient (Wildman–Crippen LogP) is 2.30. The van der Waals surface area contributed by atoms with Gasteiger partial charge in [0.25, 0.3) is 0 Å². The second-order valence-electron chi connectivity index (χ2n) is 3.27. The summed E-state index contributed by atoms with van der Waals surface area (Å²) in [6.07, 6.45) is 0. The Kier molecular flexibility index (Phi) is 6.00. The van der Waals surface area contributed by atoms with E-state index in [-0.39, 0.29) is 0 Å². The zero-order chi connectivity index (χ0) is 11.9. The minimum Gasteiger partial charge on any atom is -0.352 e. The molecule has 0 fully saturated rings. The highest BCUT2D eigenvalue weighted by Gasteiger charge is 2.44. The van der Waals surface area contributed by atoms with Crippen molar-refractivity contribution in [3.8, 4) is 0 Å². The zero-order valence-corrected chi connectivity index (χ0v) is 7.92. The van der Waals surface area contributed by atoms with Gasteiger partial charge in [-0.2, -0.15) is 0 Å². The Morgan fingerprint density at radius 3 is 0.867 bits per heavy atom. The van der Waals surface area contributed by atoms with Crippen LogP contribution in [0.3, 0.4) is 0 Å². The Morgan fingerprint density at radius 1 is 0.533 bits per heavy atom. The van der Waals surface area contributed by atoms with Gasteiger partial charge in [-0.3, -0.25) is 0 Å². The van der Waals surface area contributed by atoms with Gasteiger partial charge in [-0.15, -0.1) is 0 Å². The lowest BCUT2D eigenvalue weighted by atomic mass is 10.1. The largest absolute Gasteiger partial charge is 0.352 e. The summed E-state index contributed by atoms with van der Waals surface area (Å²) in [5.74, 6) is 0. The molecule has 0 saturated heterocycles. The maximum atomic E-state index is 12.3. The molecule has 0 N–H and O–H groups in total. The molecule has 92 valence electrons. The third-order valence-electron chi connectivity index (χ3n) is 1.89. The molecule has 15 heavy (non-hydrogen) atoms. The Labute approximate surface area is 83.4 Å². The molecule has 7 heteroatoms. The van der Waals surface area contributed by atoms with E-state index < -0.39 is 51.2 Å². The first kappa shape index (κ1) is 14.5. The number of halogens is 6. The second-order valence-corrected chi connectivity index (χ2v) is 3.27.